The highest BCUT2D eigenvalue weighted by Crippen LogP contribution is 2.27. The first-order valence-electron chi connectivity index (χ1n) is 10.2. The zero-order valence-electron chi connectivity index (χ0n) is 17.3. The number of hydrogen-bond donors (Lipinski definition) is 2. The smallest absolute Gasteiger partial charge is 0.245 e. The average Bonchev–Trinajstić information content (AvgIpc) is 3.24. The third-order valence-electron chi connectivity index (χ3n) is 5.74. The molecule has 1 aliphatic heterocycles. The van der Waals surface area contributed by atoms with Crippen LogP contribution in [0.25, 0.3) is 10.9 Å². The number of amides is 2. The van der Waals surface area contributed by atoms with E-state index >= 15 is 0 Å². The Bertz CT molecular complexity index is 855. The van der Waals surface area contributed by atoms with E-state index in [0.29, 0.717) is 0 Å². The Balaban J connectivity index is 1.79. The Morgan fingerprint density at radius 3 is 2.64 bits per heavy atom. The van der Waals surface area contributed by atoms with E-state index in [9.17, 15) is 9.59 Å². The summed E-state index contributed by atoms with van der Waals surface area (Å²) in [5.74, 6) is -0.266. The van der Waals surface area contributed by atoms with Gasteiger partial charge in [0.1, 0.15) is 6.04 Å². The van der Waals surface area contributed by atoms with E-state index < -0.39 is 12.1 Å². The van der Waals surface area contributed by atoms with Gasteiger partial charge in [-0.2, -0.15) is 0 Å². The van der Waals surface area contributed by atoms with Gasteiger partial charge in [-0.1, -0.05) is 32.0 Å². The van der Waals surface area contributed by atoms with Crippen molar-refractivity contribution >= 4 is 22.7 Å². The number of aryl methyl sites for hydroxylation is 1. The third kappa shape index (κ3) is 4.07. The van der Waals surface area contributed by atoms with Gasteiger partial charge in [-0.05, 0) is 43.7 Å². The first kappa shape index (κ1) is 20.4. The maximum Gasteiger partial charge on any atom is 0.245 e. The Kier molecular flexibility index (Phi) is 6.08. The summed E-state index contributed by atoms with van der Waals surface area (Å²) in [7, 11) is 2.06. The van der Waals surface area contributed by atoms with Crippen molar-refractivity contribution in [1.82, 2.24) is 14.8 Å². The van der Waals surface area contributed by atoms with Crippen LogP contribution in [0.2, 0.25) is 0 Å². The Labute approximate surface area is 167 Å². The molecule has 1 saturated heterocycles. The standard InChI is InChI=1S/C22H32N4O2/c1-14(2)20(24-21(27)15(3)23)22(28)26-11-7-8-17(26)12-16-13-25(4)19-10-6-5-9-18(16)19/h5-6,9-10,13-15,17,20H,7-8,11-12,23H2,1-4H3,(H,24,27)/t15-,17-,20-/m0/s1. The molecule has 2 heterocycles. The highest BCUT2D eigenvalue weighted by molar-refractivity contribution is 5.90. The summed E-state index contributed by atoms with van der Waals surface area (Å²) >= 11 is 0. The number of aromatic nitrogens is 1. The molecule has 6 heteroatoms. The van der Waals surface area contributed by atoms with Gasteiger partial charge < -0.3 is 20.5 Å². The number of benzene rings is 1. The molecule has 1 aliphatic rings. The lowest BCUT2D eigenvalue weighted by Crippen LogP contribution is -2.55. The van der Waals surface area contributed by atoms with Gasteiger partial charge in [0.05, 0.1) is 6.04 Å². The number of rotatable bonds is 6. The van der Waals surface area contributed by atoms with E-state index in [1.807, 2.05) is 24.8 Å². The van der Waals surface area contributed by atoms with Crippen molar-refractivity contribution in [2.24, 2.45) is 18.7 Å². The molecule has 6 nitrogen and oxygen atoms in total. The van der Waals surface area contributed by atoms with Crippen molar-refractivity contribution in [3.05, 3.63) is 36.0 Å². The quantitative estimate of drug-likeness (QED) is 0.801. The summed E-state index contributed by atoms with van der Waals surface area (Å²) in [5, 5.41) is 4.10. The summed E-state index contributed by atoms with van der Waals surface area (Å²) in [5.41, 5.74) is 8.16. The first-order chi connectivity index (χ1) is 13.3. The van der Waals surface area contributed by atoms with Gasteiger partial charge in [0.2, 0.25) is 11.8 Å². The fraction of sp³-hybridized carbons (Fsp3) is 0.545. The van der Waals surface area contributed by atoms with E-state index in [0.717, 1.165) is 25.8 Å². The second-order valence-corrected chi connectivity index (χ2v) is 8.33. The topological polar surface area (TPSA) is 80.4 Å². The van der Waals surface area contributed by atoms with Crippen LogP contribution in [0.15, 0.2) is 30.5 Å². The van der Waals surface area contributed by atoms with Crippen LogP contribution in [0.1, 0.15) is 39.2 Å². The molecule has 0 radical (unpaired) electrons. The van der Waals surface area contributed by atoms with Crippen molar-refractivity contribution < 1.29 is 9.59 Å². The van der Waals surface area contributed by atoms with Crippen LogP contribution < -0.4 is 11.1 Å². The molecule has 3 atom stereocenters. The summed E-state index contributed by atoms with van der Waals surface area (Å²) < 4.78 is 2.14. The van der Waals surface area contributed by atoms with Crippen LogP contribution in [0, 0.1) is 5.92 Å². The lowest BCUT2D eigenvalue weighted by molar-refractivity contribution is -0.138. The summed E-state index contributed by atoms with van der Waals surface area (Å²) in [4.78, 5) is 27.3. The molecule has 152 valence electrons. The van der Waals surface area contributed by atoms with E-state index in [-0.39, 0.29) is 23.8 Å². The third-order valence-corrected chi connectivity index (χ3v) is 5.74. The van der Waals surface area contributed by atoms with Gasteiger partial charge in [-0.25, -0.2) is 0 Å². The molecule has 3 rings (SSSR count). The highest BCUT2D eigenvalue weighted by Gasteiger charge is 2.35. The molecular weight excluding hydrogens is 352 g/mol. The molecule has 0 saturated carbocycles. The zero-order valence-corrected chi connectivity index (χ0v) is 17.3. The Morgan fingerprint density at radius 1 is 1.25 bits per heavy atom. The van der Waals surface area contributed by atoms with Gasteiger partial charge in [0.25, 0.3) is 0 Å². The Morgan fingerprint density at radius 2 is 1.96 bits per heavy atom. The summed E-state index contributed by atoms with van der Waals surface area (Å²) in [6, 6.07) is 7.37. The molecule has 1 fully saturated rings. The van der Waals surface area contributed by atoms with E-state index in [2.05, 4.69) is 41.3 Å². The van der Waals surface area contributed by atoms with E-state index in [1.165, 1.54) is 16.5 Å². The molecule has 2 aromatic rings. The number of fused-ring (bicyclic) bond motifs is 1. The van der Waals surface area contributed by atoms with Crippen LogP contribution in [0.5, 0.6) is 0 Å². The maximum absolute atomic E-state index is 13.3. The molecule has 1 aromatic heterocycles. The normalized spacial score (nSPS) is 19.2. The van der Waals surface area contributed by atoms with Crippen molar-refractivity contribution in [3.8, 4) is 0 Å². The number of nitrogens with zero attached hydrogens (tertiary/aromatic N) is 2. The van der Waals surface area contributed by atoms with Crippen LogP contribution >= 0.6 is 0 Å². The second kappa shape index (κ2) is 8.35. The summed E-state index contributed by atoms with van der Waals surface area (Å²) in [6.45, 7) is 6.29. The van der Waals surface area contributed by atoms with Gasteiger partial charge in [0.15, 0.2) is 0 Å². The molecule has 0 unspecified atom stereocenters. The predicted octanol–water partition coefficient (Wildman–Crippen LogP) is 2.20. The minimum absolute atomic E-state index is 0.00624. The van der Waals surface area contributed by atoms with Crippen LogP contribution in [-0.2, 0) is 23.1 Å². The molecule has 2 amide bonds. The monoisotopic (exact) mass is 384 g/mol. The SMILES string of the molecule is CC(C)[C@H](NC(=O)[C@H](C)N)C(=O)N1CCC[C@H]1Cc1cn(C)c2ccccc12. The second-order valence-electron chi connectivity index (χ2n) is 8.33. The van der Waals surface area contributed by atoms with Crippen LogP contribution in [-0.4, -0.2) is 46.0 Å². The predicted molar refractivity (Wildman–Crippen MR) is 112 cm³/mol. The minimum atomic E-state index is -0.626. The van der Waals surface area contributed by atoms with Gasteiger partial charge in [0, 0.05) is 36.7 Å². The van der Waals surface area contributed by atoms with E-state index in [1.54, 1.807) is 6.92 Å². The van der Waals surface area contributed by atoms with Gasteiger partial charge >= 0.3 is 0 Å². The zero-order chi connectivity index (χ0) is 20.4. The van der Waals surface area contributed by atoms with Crippen LogP contribution in [0.4, 0.5) is 0 Å². The number of hydrogen-bond acceptors (Lipinski definition) is 3. The lowest BCUT2D eigenvalue weighted by atomic mass is 9.99. The number of para-hydroxylation sites is 1. The van der Waals surface area contributed by atoms with E-state index in [4.69, 9.17) is 5.73 Å². The molecular formula is C22H32N4O2. The number of likely N-dealkylation sites (tertiary alicyclic amines) is 1. The minimum Gasteiger partial charge on any atom is -0.350 e. The number of nitrogens with two attached hydrogens (primary N) is 1. The molecule has 0 bridgehead atoms. The molecule has 28 heavy (non-hydrogen) atoms. The largest absolute Gasteiger partial charge is 0.350 e. The molecule has 1 aromatic carbocycles. The van der Waals surface area contributed by atoms with Crippen molar-refractivity contribution in [2.75, 3.05) is 6.54 Å². The van der Waals surface area contributed by atoms with Crippen molar-refractivity contribution in [1.29, 1.82) is 0 Å². The molecule has 0 aliphatic carbocycles. The highest BCUT2D eigenvalue weighted by atomic mass is 16.2. The van der Waals surface area contributed by atoms with Gasteiger partial charge in [-0.3, -0.25) is 9.59 Å². The summed E-state index contributed by atoms with van der Waals surface area (Å²) in [6.07, 6.45) is 4.98. The van der Waals surface area contributed by atoms with Crippen molar-refractivity contribution in [2.45, 2.75) is 58.2 Å². The molecule has 0 spiro atoms. The first-order valence-corrected chi connectivity index (χ1v) is 10.2. The maximum atomic E-state index is 13.3. The van der Waals surface area contributed by atoms with Crippen LogP contribution in [0.3, 0.4) is 0 Å². The Hall–Kier alpha value is -2.34. The lowest BCUT2D eigenvalue weighted by Gasteiger charge is -2.31. The number of carbonyl (C=O) groups is 2. The van der Waals surface area contributed by atoms with Gasteiger partial charge in [-0.15, -0.1) is 0 Å². The fourth-order valence-electron chi connectivity index (χ4n) is 4.16. The fourth-order valence-corrected chi connectivity index (χ4v) is 4.16. The number of carbonyl (C=O) groups excluding carboxylic acids is 2. The van der Waals surface area contributed by atoms with Crippen molar-refractivity contribution in [3.63, 3.8) is 0 Å². The molecule has 3 N–H and O–H groups in total. The number of nitrogens with one attached hydrogen (secondary N) is 1. The average molecular weight is 385 g/mol.